The van der Waals surface area contributed by atoms with Gasteiger partial charge in [0.15, 0.2) is 0 Å². The Kier molecular flexibility index (Phi) is 2.78. The van der Waals surface area contributed by atoms with Crippen molar-refractivity contribution in [1.82, 2.24) is 10.2 Å². The van der Waals surface area contributed by atoms with Gasteiger partial charge >= 0.3 is 122 Å². The van der Waals surface area contributed by atoms with Gasteiger partial charge in [-0.2, -0.15) is 0 Å². The molecule has 4 heteroatoms. The van der Waals surface area contributed by atoms with Crippen molar-refractivity contribution in [2.75, 3.05) is 6.54 Å². The zero-order chi connectivity index (χ0) is 12.8. The number of benzene rings is 1. The topological polar surface area (TPSA) is 27.6 Å². The molecule has 0 bridgehead atoms. The number of fused-ring (bicyclic) bond motifs is 2. The Morgan fingerprint density at radius 1 is 1.26 bits per heavy atom. The first-order valence-corrected chi connectivity index (χ1v) is 8.17. The molecule has 1 N–H and O–H groups in total. The fraction of sp³-hybridized carbons (Fsp3) is 0.400. The van der Waals surface area contributed by atoms with Crippen LogP contribution in [0, 0.1) is 0 Å². The standard InChI is InChI=1S/C15H18AsN3/c16-14-12-7-8-17-15(12)19(9-18-14)13-6-5-10-3-1-2-4-11(10)13/h1-4,9,13,15,17H,5-8,16H2/t13-,15?/m0/s1. The molecule has 3 aliphatic rings. The Morgan fingerprint density at radius 3 is 3.11 bits per heavy atom. The van der Waals surface area contributed by atoms with Crippen LogP contribution in [0.15, 0.2) is 39.3 Å². The first kappa shape index (κ1) is 11.7. The number of aliphatic imine (C=N–C) groups is 1. The van der Waals surface area contributed by atoms with Crippen LogP contribution in [0.5, 0.6) is 0 Å². The van der Waals surface area contributed by atoms with Crippen molar-refractivity contribution in [1.29, 1.82) is 0 Å². The van der Waals surface area contributed by atoms with Crippen LogP contribution >= 0.6 is 0 Å². The second kappa shape index (κ2) is 4.50. The maximum absolute atomic E-state index is 4.64. The van der Waals surface area contributed by atoms with Crippen LogP contribution in [0.4, 0.5) is 0 Å². The van der Waals surface area contributed by atoms with Crippen LogP contribution < -0.4 is 5.32 Å². The first-order valence-electron chi connectivity index (χ1n) is 6.96. The fourth-order valence-electron chi connectivity index (χ4n) is 3.54. The zero-order valence-corrected chi connectivity index (χ0v) is 13.3. The predicted molar refractivity (Wildman–Crippen MR) is 79.8 cm³/mol. The van der Waals surface area contributed by atoms with Gasteiger partial charge < -0.3 is 0 Å². The Morgan fingerprint density at radius 2 is 2.16 bits per heavy atom. The Labute approximate surface area is 122 Å². The summed E-state index contributed by atoms with van der Waals surface area (Å²) in [5, 5.41) is 3.63. The second-order valence-electron chi connectivity index (χ2n) is 5.46. The molecule has 0 aromatic heterocycles. The van der Waals surface area contributed by atoms with E-state index in [4.69, 9.17) is 0 Å². The third kappa shape index (κ3) is 1.79. The molecule has 2 unspecified atom stereocenters. The van der Waals surface area contributed by atoms with Crippen molar-refractivity contribution >= 4 is 23.2 Å². The average Bonchev–Trinajstić information content (AvgIpc) is 3.06. The summed E-state index contributed by atoms with van der Waals surface area (Å²) in [4.78, 5) is 7.08. The van der Waals surface area contributed by atoms with Crippen molar-refractivity contribution in [3.05, 3.63) is 45.5 Å². The van der Waals surface area contributed by atoms with Gasteiger partial charge in [-0.1, -0.05) is 0 Å². The fourth-order valence-corrected chi connectivity index (χ4v) is 4.31. The molecule has 1 aromatic rings. The van der Waals surface area contributed by atoms with Crippen molar-refractivity contribution in [2.24, 2.45) is 4.99 Å². The minimum atomic E-state index is 0.385. The number of hydrogen-bond donors (Lipinski definition) is 1. The van der Waals surface area contributed by atoms with Gasteiger partial charge in [0.25, 0.3) is 0 Å². The molecule has 1 aromatic carbocycles. The van der Waals surface area contributed by atoms with E-state index < -0.39 is 0 Å². The van der Waals surface area contributed by atoms with Crippen molar-refractivity contribution in [3.63, 3.8) is 0 Å². The van der Waals surface area contributed by atoms with E-state index in [0.29, 0.717) is 12.2 Å². The molecule has 1 aliphatic carbocycles. The van der Waals surface area contributed by atoms with Crippen molar-refractivity contribution in [3.8, 4) is 0 Å². The van der Waals surface area contributed by atoms with E-state index in [1.165, 1.54) is 34.0 Å². The molecule has 0 saturated carbocycles. The summed E-state index contributed by atoms with van der Waals surface area (Å²) in [7, 11) is 0. The SMILES string of the molecule is [AsH2]C1=C2CCNC2N([C@H]2CCc3ccccc32)C=N1. The molecule has 4 rings (SSSR count). The summed E-state index contributed by atoms with van der Waals surface area (Å²) >= 11 is 1.65. The van der Waals surface area contributed by atoms with Crippen molar-refractivity contribution in [2.45, 2.75) is 31.5 Å². The molecule has 2 aliphatic heterocycles. The van der Waals surface area contributed by atoms with Gasteiger partial charge in [-0.25, -0.2) is 0 Å². The maximum atomic E-state index is 4.64. The summed E-state index contributed by atoms with van der Waals surface area (Å²) in [6.07, 6.45) is 6.01. The molecule has 0 spiro atoms. The molecule has 98 valence electrons. The van der Waals surface area contributed by atoms with E-state index in [-0.39, 0.29) is 0 Å². The van der Waals surface area contributed by atoms with Gasteiger partial charge in [0.2, 0.25) is 0 Å². The second-order valence-corrected chi connectivity index (χ2v) is 6.61. The van der Waals surface area contributed by atoms with Crippen LogP contribution in [-0.4, -0.2) is 40.8 Å². The zero-order valence-electron chi connectivity index (χ0n) is 10.8. The number of rotatable bonds is 1. The van der Waals surface area contributed by atoms with E-state index in [1.807, 2.05) is 0 Å². The summed E-state index contributed by atoms with van der Waals surface area (Å²) in [5.74, 6) is 0. The van der Waals surface area contributed by atoms with Gasteiger partial charge in [-0.05, 0) is 0 Å². The molecule has 1 saturated heterocycles. The minimum absolute atomic E-state index is 0.385. The number of aryl methyl sites for hydroxylation is 1. The van der Waals surface area contributed by atoms with Gasteiger partial charge in [0.05, 0.1) is 0 Å². The predicted octanol–water partition coefficient (Wildman–Crippen LogP) is 1.18. The molecule has 1 fully saturated rings. The van der Waals surface area contributed by atoms with E-state index in [0.717, 1.165) is 13.0 Å². The summed E-state index contributed by atoms with van der Waals surface area (Å²) in [6, 6.07) is 9.35. The van der Waals surface area contributed by atoms with E-state index in [2.05, 4.69) is 45.8 Å². The van der Waals surface area contributed by atoms with E-state index >= 15 is 0 Å². The normalized spacial score (nSPS) is 28.8. The molecule has 2 heterocycles. The molecule has 0 amide bonds. The average molecular weight is 315 g/mol. The summed E-state index contributed by atoms with van der Waals surface area (Å²) in [6.45, 7) is 1.08. The molecule has 19 heavy (non-hydrogen) atoms. The van der Waals surface area contributed by atoms with Gasteiger partial charge in [-0.3, -0.25) is 0 Å². The summed E-state index contributed by atoms with van der Waals surface area (Å²) < 4.78 is 1.27. The molecular formula is C15H18AsN3. The molecule has 3 nitrogen and oxygen atoms in total. The Hall–Kier alpha value is -1.05. The van der Waals surface area contributed by atoms with Gasteiger partial charge in [-0.15, -0.1) is 0 Å². The van der Waals surface area contributed by atoms with Gasteiger partial charge in [0, 0.05) is 0 Å². The monoisotopic (exact) mass is 315 g/mol. The van der Waals surface area contributed by atoms with Crippen LogP contribution in [0.25, 0.3) is 0 Å². The number of nitrogens with zero attached hydrogens (tertiary/aromatic N) is 2. The first-order chi connectivity index (χ1) is 9.34. The van der Waals surface area contributed by atoms with Crippen LogP contribution in [0.2, 0.25) is 0 Å². The van der Waals surface area contributed by atoms with E-state index in [1.54, 1.807) is 16.9 Å². The molecular weight excluding hydrogens is 297 g/mol. The third-order valence-electron chi connectivity index (χ3n) is 4.48. The number of nitrogens with one attached hydrogen (secondary N) is 1. The van der Waals surface area contributed by atoms with Crippen LogP contribution in [0.3, 0.4) is 0 Å². The Balaban J connectivity index is 1.70. The summed E-state index contributed by atoms with van der Waals surface area (Å²) in [5.41, 5.74) is 4.51. The van der Waals surface area contributed by atoms with Crippen LogP contribution in [0.1, 0.15) is 30.0 Å². The van der Waals surface area contributed by atoms with Crippen molar-refractivity contribution < 1.29 is 0 Å². The van der Waals surface area contributed by atoms with Gasteiger partial charge in [0.1, 0.15) is 0 Å². The quantitative estimate of drug-likeness (QED) is 0.788. The van der Waals surface area contributed by atoms with Crippen LogP contribution in [-0.2, 0) is 6.42 Å². The third-order valence-corrected chi connectivity index (χ3v) is 5.57. The molecule has 0 radical (unpaired) electrons. The molecule has 3 atom stereocenters. The number of hydrogen-bond acceptors (Lipinski definition) is 3. The Bertz CT molecular complexity index is 579. The van der Waals surface area contributed by atoms with E-state index in [9.17, 15) is 0 Å².